The van der Waals surface area contributed by atoms with Gasteiger partial charge in [0, 0.05) is 19.3 Å². The van der Waals surface area contributed by atoms with E-state index >= 15 is 0 Å². The lowest BCUT2D eigenvalue weighted by molar-refractivity contribution is -0.167. The number of ether oxygens (including phenoxy) is 3. The van der Waals surface area contributed by atoms with Crippen molar-refractivity contribution in [2.24, 2.45) is 0 Å². The third kappa shape index (κ3) is 44.8. The Balaban J connectivity index is 4.34. The van der Waals surface area contributed by atoms with Crippen LogP contribution in [0.4, 0.5) is 0 Å². The molecule has 0 aliphatic rings. The first-order chi connectivity index (χ1) is 28.0. The highest BCUT2D eigenvalue weighted by Gasteiger charge is 2.19. The summed E-state index contributed by atoms with van der Waals surface area (Å²) in [7, 11) is 0. The smallest absolute Gasteiger partial charge is 0.306 e. The number of rotatable bonds is 45. The molecule has 0 heterocycles. The number of carbonyl (C=O) groups is 3. The molecule has 1 atom stereocenters. The molecular formula is C51H94O6. The molecule has 0 radical (unpaired) electrons. The van der Waals surface area contributed by atoms with Gasteiger partial charge in [-0.25, -0.2) is 0 Å². The third-order valence-corrected chi connectivity index (χ3v) is 10.9. The van der Waals surface area contributed by atoms with E-state index in [2.05, 4.69) is 45.1 Å². The molecular weight excluding hydrogens is 709 g/mol. The van der Waals surface area contributed by atoms with Gasteiger partial charge in [0.1, 0.15) is 13.2 Å². The summed E-state index contributed by atoms with van der Waals surface area (Å²) in [6.07, 6.45) is 51.6. The molecule has 0 bridgehead atoms. The zero-order valence-electron chi connectivity index (χ0n) is 38.1. The van der Waals surface area contributed by atoms with Gasteiger partial charge in [-0.3, -0.25) is 14.4 Å². The van der Waals surface area contributed by atoms with Crippen LogP contribution in [-0.2, 0) is 28.6 Å². The van der Waals surface area contributed by atoms with Crippen molar-refractivity contribution in [3.05, 3.63) is 24.3 Å². The Kier molecular flexibility index (Phi) is 44.9. The van der Waals surface area contributed by atoms with Crippen LogP contribution in [0.2, 0.25) is 0 Å². The third-order valence-electron chi connectivity index (χ3n) is 10.9. The van der Waals surface area contributed by atoms with Gasteiger partial charge in [0.15, 0.2) is 6.10 Å². The molecule has 334 valence electrons. The highest BCUT2D eigenvalue weighted by Crippen LogP contribution is 2.14. The van der Waals surface area contributed by atoms with Gasteiger partial charge in [-0.2, -0.15) is 0 Å². The van der Waals surface area contributed by atoms with Crippen LogP contribution >= 0.6 is 0 Å². The molecule has 0 aromatic rings. The van der Waals surface area contributed by atoms with Crippen molar-refractivity contribution in [1.82, 2.24) is 0 Å². The first-order valence-electron chi connectivity index (χ1n) is 24.8. The Labute approximate surface area is 353 Å². The predicted octanol–water partition coefficient (Wildman–Crippen LogP) is 16.0. The first kappa shape index (κ1) is 54.9. The zero-order chi connectivity index (χ0) is 41.5. The maximum absolute atomic E-state index is 12.7. The molecule has 0 amide bonds. The number of hydrogen-bond donors (Lipinski definition) is 0. The fraction of sp³-hybridized carbons (Fsp3) is 0.863. The molecule has 0 aromatic heterocycles. The van der Waals surface area contributed by atoms with E-state index in [1.54, 1.807) is 0 Å². The van der Waals surface area contributed by atoms with Gasteiger partial charge in [-0.1, -0.05) is 199 Å². The van der Waals surface area contributed by atoms with Crippen molar-refractivity contribution in [2.45, 2.75) is 271 Å². The highest BCUT2D eigenvalue weighted by atomic mass is 16.6. The van der Waals surface area contributed by atoms with E-state index in [0.717, 1.165) is 70.6 Å². The average molecular weight is 803 g/mol. The summed E-state index contributed by atoms with van der Waals surface area (Å²) >= 11 is 0. The molecule has 0 aliphatic carbocycles. The minimum absolute atomic E-state index is 0.0743. The van der Waals surface area contributed by atoms with Crippen molar-refractivity contribution in [3.63, 3.8) is 0 Å². The molecule has 0 saturated heterocycles. The van der Waals surface area contributed by atoms with Gasteiger partial charge in [-0.05, 0) is 70.6 Å². The maximum Gasteiger partial charge on any atom is 0.306 e. The van der Waals surface area contributed by atoms with Crippen molar-refractivity contribution >= 4 is 17.9 Å². The Morgan fingerprint density at radius 1 is 0.333 bits per heavy atom. The zero-order valence-corrected chi connectivity index (χ0v) is 38.1. The lowest BCUT2D eigenvalue weighted by Crippen LogP contribution is -2.30. The molecule has 0 aromatic carbocycles. The normalized spacial score (nSPS) is 12.1. The van der Waals surface area contributed by atoms with E-state index in [0.29, 0.717) is 19.3 Å². The van der Waals surface area contributed by atoms with Crippen LogP contribution in [0.25, 0.3) is 0 Å². The van der Waals surface area contributed by atoms with Crippen LogP contribution in [0.3, 0.4) is 0 Å². The second kappa shape index (κ2) is 46.6. The second-order valence-electron chi connectivity index (χ2n) is 16.7. The van der Waals surface area contributed by atoms with Crippen LogP contribution in [0.1, 0.15) is 265 Å². The monoisotopic (exact) mass is 803 g/mol. The summed E-state index contributed by atoms with van der Waals surface area (Å²) in [5.74, 6) is -0.885. The molecule has 0 saturated carbocycles. The van der Waals surface area contributed by atoms with E-state index in [1.807, 2.05) is 0 Å². The summed E-state index contributed by atoms with van der Waals surface area (Å²) in [4.78, 5) is 37.8. The van der Waals surface area contributed by atoms with Crippen LogP contribution in [0.5, 0.6) is 0 Å². The molecule has 0 aliphatic heterocycles. The molecule has 6 nitrogen and oxygen atoms in total. The lowest BCUT2D eigenvalue weighted by atomic mass is 10.1. The maximum atomic E-state index is 12.7. The topological polar surface area (TPSA) is 78.9 Å². The Morgan fingerprint density at radius 2 is 0.579 bits per heavy atom. The number of esters is 3. The standard InChI is InChI=1S/C51H94O6/c1-4-7-10-13-16-19-21-23-25-27-29-32-35-38-41-44-50(53)56-47-48(46-55-49(52)43-40-37-34-31-18-15-12-9-6-3)57-51(54)45-42-39-36-33-30-28-26-24-22-20-17-14-11-8-5-2/h23-26,48H,4-22,27-47H2,1-3H3/b25-23-,26-24-/t48-/m0/s1. The summed E-state index contributed by atoms with van der Waals surface area (Å²) in [6.45, 7) is 6.61. The second-order valence-corrected chi connectivity index (χ2v) is 16.7. The van der Waals surface area contributed by atoms with Crippen molar-refractivity contribution in [1.29, 1.82) is 0 Å². The van der Waals surface area contributed by atoms with Gasteiger partial charge >= 0.3 is 17.9 Å². The van der Waals surface area contributed by atoms with Gasteiger partial charge in [0.25, 0.3) is 0 Å². The minimum atomic E-state index is -0.772. The summed E-state index contributed by atoms with van der Waals surface area (Å²) in [6, 6.07) is 0. The fourth-order valence-corrected chi connectivity index (χ4v) is 7.14. The van der Waals surface area contributed by atoms with E-state index < -0.39 is 6.10 Å². The molecule has 0 spiro atoms. The number of unbranched alkanes of at least 4 members (excludes halogenated alkanes) is 30. The van der Waals surface area contributed by atoms with Crippen LogP contribution in [0.15, 0.2) is 24.3 Å². The van der Waals surface area contributed by atoms with Crippen LogP contribution < -0.4 is 0 Å². The predicted molar refractivity (Wildman–Crippen MR) is 243 cm³/mol. The lowest BCUT2D eigenvalue weighted by Gasteiger charge is -2.18. The van der Waals surface area contributed by atoms with Gasteiger partial charge in [-0.15, -0.1) is 0 Å². The molecule has 0 unspecified atom stereocenters. The van der Waals surface area contributed by atoms with E-state index in [9.17, 15) is 14.4 Å². The molecule has 0 N–H and O–H groups in total. The SMILES string of the molecule is CCCCCCCC/C=C\CCCCCCCC(=O)OC[C@H](COC(=O)CCCCCCCCCCC)OC(=O)CCCCCCC/C=C\CCCCCCCC. The summed E-state index contributed by atoms with van der Waals surface area (Å²) in [5.41, 5.74) is 0. The molecule has 0 fully saturated rings. The average Bonchev–Trinajstić information content (AvgIpc) is 3.21. The van der Waals surface area contributed by atoms with Crippen molar-refractivity contribution in [3.8, 4) is 0 Å². The quantitative estimate of drug-likeness (QED) is 0.0264. The summed E-state index contributed by atoms with van der Waals surface area (Å²) < 4.78 is 16.7. The highest BCUT2D eigenvalue weighted by molar-refractivity contribution is 5.71. The molecule has 6 heteroatoms. The minimum Gasteiger partial charge on any atom is -0.462 e. The summed E-state index contributed by atoms with van der Waals surface area (Å²) in [5, 5.41) is 0. The van der Waals surface area contributed by atoms with Gasteiger partial charge < -0.3 is 14.2 Å². The van der Waals surface area contributed by atoms with Gasteiger partial charge in [0.2, 0.25) is 0 Å². The van der Waals surface area contributed by atoms with Crippen LogP contribution in [-0.4, -0.2) is 37.2 Å². The Hall–Kier alpha value is -2.11. The van der Waals surface area contributed by atoms with E-state index in [1.165, 1.54) is 154 Å². The van der Waals surface area contributed by atoms with E-state index in [4.69, 9.17) is 14.2 Å². The van der Waals surface area contributed by atoms with Crippen molar-refractivity contribution in [2.75, 3.05) is 13.2 Å². The number of allylic oxidation sites excluding steroid dienone is 4. The number of carbonyl (C=O) groups excluding carboxylic acids is 3. The fourth-order valence-electron chi connectivity index (χ4n) is 7.14. The Bertz CT molecular complexity index is 927. The molecule has 0 rings (SSSR count). The first-order valence-corrected chi connectivity index (χ1v) is 24.8. The Morgan fingerprint density at radius 3 is 0.877 bits per heavy atom. The van der Waals surface area contributed by atoms with Crippen LogP contribution in [0, 0.1) is 0 Å². The number of hydrogen-bond acceptors (Lipinski definition) is 6. The molecule has 57 heavy (non-hydrogen) atoms. The van der Waals surface area contributed by atoms with E-state index in [-0.39, 0.29) is 31.1 Å². The largest absolute Gasteiger partial charge is 0.462 e. The van der Waals surface area contributed by atoms with Gasteiger partial charge in [0.05, 0.1) is 0 Å². The van der Waals surface area contributed by atoms with Crippen molar-refractivity contribution < 1.29 is 28.6 Å².